The lowest BCUT2D eigenvalue weighted by molar-refractivity contribution is 0.431. The number of hydrogen-bond donors (Lipinski definition) is 0. The molecule has 140 valence electrons. The minimum absolute atomic E-state index is 0.0416. The minimum Gasteiger partial charge on any atom is -0.454 e. The van der Waals surface area contributed by atoms with Gasteiger partial charge in [-0.3, -0.25) is 0 Å². The third-order valence-electron chi connectivity index (χ3n) is 4.89. The second-order valence-electron chi connectivity index (χ2n) is 7.39. The van der Waals surface area contributed by atoms with Crippen LogP contribution in [0.15, 0.2) is 72.8 Å². The molecule has 3 aromatic rings. The van der Waals surface area contributed by atoms with E-state index in [1.54, 1.807) is 18.2 Å². The second kappa shape index (κ2) is 8.34. The Morgan fingerprint density at radius 2 is 1.52 bits per heavy atom. The van der Waals surface area contributed by atoms with Crippen molar-refractivity contribution >= 4 is 0 Å². The van der Waals surface area contributed by atoms with Gasteiger partial charge in [0.1, 0.15) is 11.6 Å². The summed E-state index contributed by atoms with van der Waals surface area (Å²) in [7, 11) is 0. The number of halogens is 2. The van der Waals surface area contributed by atoms with E-state index >= 15 is 0 Å². The van der Waals surface area contributed by atoms with E-state index in [4.69, 9.17) is 4.74 Å². The molecule has 3 aromatic carbocycles. The molecule has 1 nitrogen and oxygen atoms in total. The van der Waals surface area contributed by atoms with Crippen molar-refractivity contribution in [2.45, 2.75) is 38.5 Å². The molecule has 0 aromatic heterocycles. The summed E-state index contributed by atoms with van der Waals surface area (Å²) in [4.78, 5) is 0. The molecule has 0 heterocycles. The highest BCUT2D eigenvalue weighted by molar-refractivity contribution is 5.36. The van der Waals surface area contributed by atoms with E-state index in [1.807, 2.05) is 18.2 Å². The lowest BCUT2D eigenvalue weighted by Gasteiger charge is -2.25. The fraction of sp³-hybridized carbons (Fsp3) is 0.250. The molecular formula is C24H24F2O. The van der Waals surface area contributed by atoms with Crippen LogP contribution in [0.4, 0.5) is 8.78 Å². The van der Waals surface area contributed by atoms with Crippen molar-refractivity contribution in [2.75, 3.05) is 0 Å². The van der Waals surface area contributed by atoms with Gasteiger partial charge in [-0.15, -0.1) is 0 Å². The summed E-state index contributed by atoms with van der Waals surface area (Å²) < 4.78 is 33.4. The zero-order valence-electron chi connectivity index (χ0n) is 15.7. The zero-order valence-corrected chi connectivity index (χ0v) is 15.7. The van der Waals surface area contributed by atoms with Gasteiger partial charge in [0, 0.05) is 0 Å². The lowest BCUT2D eigenvalue weighted by atomic mass is 9.80. The quantitative estimate of drug-likeness (QED) is 0.435. The van der Waals surface area contributed by atoms with Crippen molar-refractivity contribution in [3.8, 4) is 11.5 Å². The third-order valence-corrected chi connectivity index (χ3v) is 4.89. The molecule has 0 spiro atoms. The smallest absolute Gasteiger partial charge is 0.168 e. The summed E-state index contributed by atoms with van der Waals surface area (Å²) in [5, 5.41) is 0. The van der Waals surface area contributed by atoms with Gasteiger partial charge in [-0.2, -0.15) is 0 Å². The normalized spacial score (nSPS) is 11.4. The van der Waals surface area contributed by atoms with Gasteiger partial charge in [0.05, 0.1) is 0 Å². The van der Waals surface area contributed by atoms with Crippen LogP contribution in [0, 0.1) is 11.6 Å². The molecule has 3 heteroatoms. The van der Waals surface area contributed by atoms with Crippen LogP contribution in [0.25, 0.3) is 0 Å². The molecule has 0 saturated carbocycles. The first kappa shape index (κ1) is 19.1. The van der Waals surface area contributed by atoms with Gasteiger partial charge in [-0.1, -0.05) is 56.3 Å². The fourth-order valence-corrected chi connectivity index (χ4v) is 3.21. The van der Waals surface area contributed by atoms with Crippen LogP contribution in [-0.2, 0) is 11.8 Å². The largest absolute Gasteiger partial charge is 0.454 e. The van der Waals surface area contributed by atoms with Gasteiger partial charge in [0.25, 0.3) is 0 Å². The molecule has 0 aliphatic carbocycles. The first-order chi connectivity index (χ1) is 13.0. The second-order valence-corrected chi connectivity index (χ2v) is 7.39. The van der Waals surface area contributed by atoms with Crippen LogP contribution in [0.5, 0.6) is 11.5 Å². The van der Waals surface area contributed by atoms with Gasteiger partial charge in [-0.25, -0.2) is 8.78 Å². The molecule has 0 saturated heterocycles. The molecule has 0 fully saturated rings. The average molecular weight is 366 g/mol. The average Bonchev–Trinajstić information content (AvgIpc) is 2.67. The Morgan fingerprint density at radius 3 is 2.22 bits per heavy atom. The SMILES string of the molecule is CC(C)(CCCc1cccc(Oc2ccc(F)cc2)c1F)c1ccccc1. The van der Waals surface area contributed by atoms with E-state index in [2.05, 4.69) is 26.0 Å². The maximum absolute atomic E-state index is 14.8. The van der Waals surface area contributed by atoms with E-state index < -0.39 is 0 Å². The van der Waals surface area contributed by atoms with E-state index in [0.29, 0.717) is 17.7 Å². The molecule has 3 rings (SSSR count). The van der Waals surface area contributed by atoms with E-state index in [9.17, 15) is 8.78 Å². The Hall–Kier alpha value is -2.68. The first-order valence-electron chi connectivity index (χ1n) is 9.22. The summed E-state index contributed by atoms with van der Waals surface area (Å²) in [5.74, 6) is -0.115. The molecule has 0 aliphatic rings. The predicted octanol–water partition coefficient (Wildman–Crippen LogP) is 7.06. The summed E-state index contributed by atoms with van der Waals surface area (Å²) >= 11 is 0. The Morgan fingerprint density at radius 1 is 0.815 bits per heavy atom. The summed E-state index contributed by atoms with van der Waals surface area (Å²) in [5.41, 5.74) is 1.97. The lowest BCUT2D eigenvalue weighted by Crippen LogP contribution is -2.17. The summed E-state index contributed by atoms with van der Waals surface area (Å²) in [6.07, 6.45) is 2.47. The molecular weight excluding hydrogens is 342 g/mol. The molecule has 0 unspecified atom stereocenters. The molecule has 0 aliphatic heterocycles. The molecule has 0 bridgehead atoms. The maximum Gasteiger partial charge on any atom is 0.168 e. The minimum atomic E-state index is -0.349. The molecule has 0 radical (unpaired) electrons. The Balaban J connectivity index is 1.65. The number of benzene rings is 3. The fourth-order valence-electron chi connectivity index (χ4n) is 3.21. The number of rotatable bonds is 7. The van der Waals surface area contributed by atoms with Crippen LogP contribution < -0.4 is 4.74 Å². The molecule has 27 heavy (non-hydrogen) atoms. The van der Waals surface area contributed by atoms with E-state index in [-0.39, 0.29) is 22.8 Å². The number of ether oxygens (including phenoxy) is 1. The van der Waals surface area contributed by atoms with Crippen molar-refractivity contribution < 1.29 is 13.5 Å². The van der Waals surface area contributed by atoms with Crippen LogP contribution in [-0.4, -0.2) is 0 Å². The van der Waals surface area contributed by atoms with Gasteiger partial charge < -0.3 is 4.74 Å². The first-order valence-corrected chi connectivity index (χ1v) is 9.22. The Kier molecular flexibility index (Phi) is 5.90. The predicted molar refractivity (Wildman–Crippen MR) is 105 cm³/mol. The highest BCUT2D eigenvalue weighted by Crippen LogP contribution is 2.31. The van der Waals surface area contributed by atoms with Crippen molar-refractivity contribution in [3.05, 3.63) is 95.6 Å². The topological polar surface area (TPSA) is 9.23 Å². The van der Waals surface area contributed by atoms with E-state index in [1.165, 1.54) is 29.8 Å². The van der Waals surface area contributed by atoms with Gasteiger partial charge in [0.2, 0.25) is 0 Å². The van der Waals surface area contributed by atoms with Gasteiger partial charge >= 0.3 is 0 Å². The molecule has 0 atom stereocenters. The zero-order chi connectivity index (χ0) is 19.3. The van der Waals surface area contributed by atoms with Crippen molar-refractivity contribution in [1.82, 2.24) is 0 Å². The Bertz CT molecular complexity index is 871. The van der Waals surface area contributed by atoms with Gasteiger partial charge in [-0.05, 0) is 66.1 Å². The molecule has 0 amide bonds. The monoisotopic (exact) mass is 366 g/mol. The summed E-state index contributed by atoms with van der Waals surface area (Å²) in [6, 6.07) is 21.1. The van der Waals surface area contributed by atoms with Crippen molar-refractivity contribution in [3.63, 3.8) is 0 Å². The van der Waals surface area contributed by atoms with E-state index in [0.717, 1.165) is 12.8 Å². The van der Waals surface area contributed by atoms with Crippen LogP contribution >= 0.6 is 0 Å². The van der Waals surface area contributed by atoms with Crippen molar-refractivity contribution in [1.29, 1.82) is 0 Å². The highest BCUT2D eigenvalue weighted by Gasteiger charge is 2.20. The van der Waals surface area contributed by atoms with Crippen LogP contribution in [0.2, 0.25) is 0 Å². The standard InChI is InChI=1S/C24H24F2O/c1-24(2,19-10-4-3-5-11-19)17-7-9-18-8-6-12-22(23(18)26)27-21-15-13-20(25)14-16-21/h3-6,8,10-16H,7,9,17H2,1-2H3. The number of aryl methyl sites for hydroxylation is 1. The van der Waals surface area contributed by atoms with Crippen molar-refractivity contribution in [2.24, 2.45) is 0 Å². The maximum atomic E-state index is 14.8. The summed E-state index contributed by atoms with van der Waals surface area (Å²) in [6.45, 7) is 4.43. The number of hydrogen-bond acceptors (Lipinski definition) is 1. The Labute approximate surface area is 159 Å². The van der Waals surface area contributed by atoms with Crippen LogP contribution in [0.1, 0.15) is 37.8 Å². The molecule has 0 N–H and O–H groups in total. The van der Waals surface area contributed by atoms with Gasteiger partial charge in [0.15, 0.2) is 11.6 Å². The highest BCUT2D eigenvalue weighted by atomic mass is 19.1. The third kappa shape index (κ3) is 4.94. The van der Waals surface area contributed by atoms with Crippen LogP contribution in [0.3, 0.4) is 0 Å².